The Balaban J connectivity index is 1.83. The van der Waals surface area contributed by atoms with Gasteiger partial charge in [-0.1, -0.05) is 13.3 Å². The summed E-state index contributed by atoms with van der Waals surface area (Å²) < 4.78 is 38.6. The number of likely N-dealkylation sites (tertiary alicyclic amines) is 1. The van der Waals surface area contributed by atoms with Gasteiger partial charge in [0.1, 0.15) is 0 Å². The van der Waals surface area contributed by atoms with Crippen LogP contribution >= 0.6 is 0 Å². The third-order valence-electron chi connectivity index (χ3n) is 5.33. The van der Waals surface area contributed by atoms with Crippen molar-refractivity contribution in [2.24, 2.45) is 11.8 Å². The molecule has 4 unspecified atom stereocenters. The summed E-state index contributed by atoms with van der Waals surface area (Å²) in [6, 6.07) is 0.355. The molecule has 1 saturated carbocycles. The standard InChI is InChI=1S/C16H29F3N2/c1-3-21-9-5-6-13(11-21)12(2)20-15-8-4-7-14(10-15)16(17,18)19/h12-15,20H,3-11H2,1-2H3. The maximum absolute atomic E-state index is 12.9. The van der Waals surface area contributed by atoms with Crippen LogP contribution in [-0.4, -0.2) is 42.8 Å². The molecule has 0 aromatic carbocycles. The summed E-state index contributed by atoms with van der Waals surface area (Å²) in [5.74, 6) is -0.528. The molecule has 4 atom stereocenters. The first-order valence-corrected chi connectivity index (χ1v) is 8.45. The average molecular weight is 306 g/mol. The van der Waals surface area contributed by atoms with Gasteiger partial charge in [-0.25, -0.2) is 0 Å². The van der Waals surface area contributed by atoms with Crippen molar-refractivity contribution in [2.45, 2.75) is 70.6 Å². The van der Waals surface area contributed by atoms with E-state index in [9.17, 15) is 13.2 Å². The third-order valence-corrected chi connectivity index (χ3v) is 5.33. The van der Waals surface area contributed by atoms with Crippen LogP contribution in [0.3, 0.4) is 0 Å². The lowest BCUT2D eigenvalue weighted by atomic mass is 9.83. The van der Waals surface area contributed by atoms with E-state index in [1.165, 1.54) is 19.4 Å². The smallest absolute Gasteiger partial charge is 0.311 e. The Bertz CT molecular complexity index is 319. The predicted octanol–water partition coefficient (Wildman–Crippen LogP) is 3.82. The minimum atomic E-state index is -4.02. The van der Waals surface area contributed by atoms with E-state index in [-0.39, 0.29) is 12.5 Å². The summed E-state index contributed by atoms with van der Waals surface area (Å²) in [4.78, 5) is 2.45. The zero-order valence-electron chi connectivity index (χ0n) is 13.3. The van der Waals surface area contributed by atoms with Gasteiger partial charge in [-0.15, -0.1) is 0 Å². The molecule has 1 heterocycles. The molecule has 2 fully saturated rings. The van der Waals surface area contributed by atoms with E-state index in [2.05, 4.69) is 24.1 Å². The summed E-state index contributed by atoms with van der Waals surface area (Å²) in [5, 5.41) is 3.51. The number of halogens is 3. The van der Waals surface area contributed by atoms with Crippen molar-refractivity contribution in [3.05, 3.63) is 0 Å². The number of piperidine rings is 1. The van der Waals surface area contributed by atoms with Crippen LogP contribution in [0.25, 0.3) is 0 Å². The number of nitrogens with one attached hydrogen (secondary N) is 1. The van der Waals surface area contributed by atoms with Gasteiger partial charge >= 0.3 is 6.18 Å². The molecule has 0 bridgehead atoms. The van der Waals surface area contributed by atoms with Crippen LogP contribution in [-0.2, 0) is 0 Å². The molecule has 1 aliphatic carbocycles. The maximum Gasteiger partial charge on any atom is 0.391 e. The fourth-order valence-electron chi connectivity index (χ4n) is 3.93. The van der Waals surface area contributed by atoms with E-state index < -0.39 is 12.1 Å². The summed E-state index contributed by atoms with van der Waals surface area (Å²) in [7, 11) is 0. The number of alkyl halides is 3. The van der Waals surface area contributed by atoms with Gasteiger partial charge in [0.05, 0.1) is 5.92 Å². The minimum absolute atomic E-state index is 0.0392. The normalized spacial score (nSPS) is 33.9. The van der Waals surface area contributed by atoms with Gasteiger partial charge in [0.15, 0.2) is 0 Å². The molecule has 2 nitrogen and oxygen atoms in total. The first kappa shape index (κ1) is 17.1. The molecular formula is C16H29F3N2. The molecule has 1 aliphatic heterocycles. The molecule has 1 N–H and O–H groups in total. The van der Waals surface area contributed by atoms with Gasteiger partial charge in [-0.05, 0) is 58.0 Å². The molecule has 0 aromatic rings. The first-order valence-electron chi connectivity index (χ1n) is 8.45. The van der Waals surface area contributed by atoms with E-state index in [0.717, 1.165) is 19.5 Å². The summed E-state index contributed by atoms with van der Waals surface area (Å²) in [6.07, 6.45) is 0.538. The monoisotopic (exact) mass is 306 g/mol. The number of hydrogen-bond donors (Lipinski definition) is 1. The Kier molecular flexibility index (Phi) is 5.95. The van der Waals surface area contributed by atoms with Gasteiger partial charge in [-0.2, -0.15) is 13.2 Å². The van der Waals surface area contributed by atoms with Crippen molar-refractivity contribution >= 4 is 0 Å². The number of hydrogen-bond acceptors (Lipinski definition) is 2. The van der Waals surface area contributed by atoms with Crippen LogP contribution < -0.4 is 5.32 Å². The van der Waals surface area contributed by atoms with Crippen LogP contribution in [0.15, 0.2) is 0 Å². The van der Waals surface area contributed by atoms with E-state index in [1.54, 1.807) is 0 Å². The Morgan fingerprint density at radius 1 is 1.19 bits per heavy atom. The zero-order valence-corrected chi connectivity index (χ0v) is 13.3. The Morgan fingerprint density at radius 2 is 1.95 bits per heavy atom. The van der Waals surface area contributed by atoms with E-state index in [0.29, 0.717) is 24.8 Å². The van der Waals surface area contributed by atoms with Gasteiger partial charge in [0.2, 0.25) is 0 Å². The minimum Gasteiger partial charge on any atom is -0.311 e. The fraction of sp³-hybridized carbons (Fsp3) is 1.00. The molecule has 0 amide bonds. The van der Waals surface area contributed by atoms with Crippen molar-refractivity contribution in [3.63, 3.8) is 0 Å². The second-order valence-electron chi connectivity index (χ2n) is 6.85. The highest BCUT2D eigenvalue weighted by atomic mass is 19.4. The van der Waals surface area contributed by atoms with Gasteiger partial charge < -0.3 is 10.2 Å². The summed E-state index contributed by atoms with van der Waals surface area (Å²) >= 11 is 0. The van der Waals surface area contributed by atoms with Gasteiger partial charge in [-0.3, -0.25) is 0 Å². The molecule has 124 valence electrons. The number of rotatable bonds is 4. The SMILES string of the molecule is CCN1CCCC(C(C)NC2CCCC(C(F)(F)F)C2)C1. The highest BCUT2D eigenvalue weighted by molar-refractivity contribution is 4.86. The summed E-state index contributed by atoms with van der Waals surface area (Å²) in [6.45, 7) is 7.65. The highest BCUT2D eigenvalue weighted by Gasteiger charge is 2.42. The third kappa shape index (κ3) is 4.85. The van der Waals surface area contributed by atoms with Crippen LogP contribution in [0.5, 0.6) is 0 Å². The predicted molar refractivity (Wildman–Crippen MR) is 79.2 cm³/mol. The second kappa shape index (κ2) is 7.32. The fourth-order valence-corrected chi connectivity index (χ4v) is 3.93. The maximum atomic E-state index is 12.9. The molecule has 2 rings (SSSR count). The van der Waals surface area contributed by atoms with Gasteiger partial charge in [0, 0.05) is 18.6 Å². The Morgan fingerprint density at radius 3 is 2.62 bits per heavy atom. The van der Waals surface area contributed by atoms with Crippen molar-refractivity contribution in [1.29, 1.82) is 0 Å². The van der Waals surface area contributed by atoms with Crippen LogP contribution in [0.4, 0.5) is 13.2 Å². The van der Waals surface area contributed by atoms with Crippen molar-refractivity contribution in [2.75, 3.05) is 19.6 Å². The van der Waals surface area contributed by atoms with Crippen molar-refractivity contribution in [1.82, 2.24) is 10.2 Å². The molecule has 0 radical (unpaired) electrons. The Hall–Kier alpha value is -0.290. The van der Waals surface area contributed by atoms with Crippen molar-refractivity contribution < 1.29 is 13.2 Å². The molecule has 0 aromatic heterocycles. The van der Waals surface area contributed by atoms with Gasteiger partial charge in [0.25, 0.3) is 0 Å². The first-order chi connectivity index (χ1) is 9.90. The number of nitrogens with zero attached hydrogens (tertiary/aromatic N) is 1. The molecular weight excluding hydrogens is 277 g/mol. The lowest BCUT2D eigenvalue weighted by molar-refractivity contribution is -0.184. The Labute approximate surface area is 126 Å². The molecule has 1 saturated heterocycles. The highest BCUT2D eigenvalue weighted by Crippen LogP contribution is 2.37. The van der Waals surface area contributed by atoms with E-state index in [4.69, 9.17) is 0 Å². The molecule has 0 spiro atoms. The summed E-state index contributed by atoms with van der Waals surface area (Å²) in [5.41, 5.74) is 0. The largest absolute Gasteiger partial charge is 0.391 e. The quantitative estimate of drug-likeness (QED) is 0.849. The average Bonchev–Trinajstić information content (AvgIpc) is 2.46. The topological polar surface area (TPSA) is 15.3 Å². The van der Waals surface area contributed by atoms with Crippen LogP contribution in [0.2, 0.25) is 0 Å². The second-order valence-corrected chi connectivity index (χ2v) is 6.85. The lowest BCUT2D eigenvalue weighted by Crippen LogP contribution is -2.49. The van der Waals surface area contributed by atoms with Crippen LogP contribution in [0.1, 0.15) is 52.4 Å². The van der Waals surface area contributed by atoms with E-state index >= 15 is 0 Å². The molecule has 5 heteroatoms. The zero-order chi connectivity index (χ0) is 15.5. The molecule has 2 aliphatic rings. The van der Waals surface area contributed by atoms with Crippen LogP contribution in [0, 0.1) is 11.8 Å². The van der Waals surface area contributed by atoms with E-state index in [1.807, 2.05) is 0 Å². The van der Waals surface area contributed by atoms with Crippen molar-refractivity contribution in [3.8, 4) is 0 Å². The lowest BCUT2D eigenvalue weighted by Gasteiger charge is -2.39. The molecule has 21 heavy (non-hydrogen) atoms.